The summed E-state index contributed by atoms with van der Waals surface area (Å²) in [5.41, 5.74) is 1.40. The Kier molecular flexibility index (Phi) is 5.25. The summed E-state index contributed by atoms with van der Waals surface area (Å²) in [4.78, 5) is 0. The number of aliphatic hydroxyl groups excluding tert-OH is 2. The molecular weight excluding hydrogens is 199 g/mol. The molecule has 1 aromatic carbocycles. The van der Waals surface area contributed by atoms with Crippen LogP contribution in [0.2, 0.25) is 5.02 Å². The number of halogens is 2. The molecule has 0 heterocycles. The highest BCUT2D eigenvalue weighted by Gasteiger charge is 1.99. The second-order valence-corrected chi connectivity index (χ2v) is 2.67. The molecule has 0 saturated carbocycles. The largest absolute Gasteiger partial charge is 0.392 e. The van der Waals surface area contributed by atoms with E-state index >= 15 is 0 Å². The maximum Gasteiger partial charge on any atom is 0.0685 e. The molecule has 0 fully saturated rings. The molecule has 1 rings (SSSR count). The molecule has 0 atom stereocenters. The zero-order chi connectivity index (χ0) is 8.27. The molecule has 12 heavy (non-hydrogen) atoms. The van der Waals surface area contributed by atoms with Gasteiger partial charge in [0.2, 0.25) is 0 Å². The van der Waals surface area contributed by atoms with Crippen molar-refractivity contribution in [3.63, 3.8) is 0 Å². The Bertz CT molecular complexity index is 251. The highest BCUT2D eigenvalue weighted by molar-refractivity contribution is 6.30. The fourth-order valence-electron chi connectivity index (χ4n) is 0.896. The van der Waals surface area contributed by atoms with Gasteiger partial charge in [0.15, 0.2) is 0 Å². The van der Waals surface area contributed by atoms with Crippen LogP contribution < -0.4 is 0 Å². The molecule has 0 unspecified atom stereocenters. The van der Waals surface area contributed by atoms with Crippen LogP contribution in [0.5, 0.6) is 0 Å². The first kappa shape index (κ1) is 11.7. The number of benzene rings is 1. The Labute approximate surface area is 82.2 Å². The summed E-state index contributed by atoms with van der Waals surface area (Å²) in [6, 6.07) is 5.03. The molecule has 2 N–H and O–H groups in total. The van der Waals surface area contributed by atoms with E-state index < -0.39 is 0 Å². The van der Waals surface area contributed by atoms with Gasteiger partial charge in [0, 0.05) is 5.02 Å². The Morgan fingerprint density at radius 1 is 1.08 bits per heavy atom. The molecule has 68 valence electrons. The van der Waals surface area contributed by atoms with Crippen LogP contribution in [0.25, 0.3) is 0 Å². The van der Waals surface area contributed by atoms with E-state index in [1.165, 1.54) is 0 Å². The normalized spacial score (nSPS) is 9.25. The lowest BCUT2D eigenvalue weighted by Crippen LogP contribution is -1.92. The van der Waals surface area contributed by atoms with E-state index in [2.05, 4.69) is 0 Å². The summed E-state index contributed by atoms with van der Waals surface area (Å²) in [7, 11) is 0. The molecule has 0 saturated heterocycles. The van der Waals surface area contributed by atoms with Gasteiger partial charge in [-0.05, 0) is 23.3 Å². The van der Waals surface area contributed by atoms with Crippen LogP contribution in [0.3, 0.4) is 0 Å². The second-order valence-electron chi connectivity index (χ2n) is 2.23. The maximum absolute atomic E-state index is 8.80. The van der Waals surface area contributed by atoms with Crippen LogP contribution in [0, 0.1) is 0 Å². The first-order valence-corrected chi connectivity index (χ1v) is 3.64. The van der Waals surface area contributed by atoms with Crippen molar-refractivity contribution in [1.82, 2.24) is 0 Å². The Morgan fingerprint density at radius 2 is 1.67 bits per heavy atom. The first-order valence-electron chi connectivity index (χ1n) is 3.27. The molecule has 0 aromatic heterocycles. The van der Waals surface area contributed by atoms with Crippen molar-refractivity contribution in [2.75, 3.05) is 0 Å². The second kappa shape index (κ2) is 5.38. The summed E-state index contributed by atoms with van der Waals surface area (Å²) in [5, 5.41) is 18.2. The van der Waals surface area contributed by atoms with Crippen molar-refractivity contribution in [3.8, 4) is 0 Å². The van der Waals surface area contributed by atoms with E-state index in [0.29, 0.717) is 10.6 Å². The van der Waals surface area contributed by atoms with Gasteiger partial charge < -0.3 is 10.2 Å². The van der Waals surface area contributed by atoms with Gasteiger partial charge in [0.1, 0.15) is 0 Å². The summed E-state index contributed by atoms with van der Waals surface area (Å²) in [6.45, 7) is -0.149. The number of hydrogen-bond acceptors (Lipinski definition) is 2. The van der Waals surface area contributed by atoms with Crippen molar-refractivity contribution in [2.24, 2.45) is 0 Å². The lowest BCUT2D eigenvalue weighted by molar-refractivity contribution is 0.260. The maximum atomic E-state index is 8.80. The van der Waals surface area contributed by atoms with Gasteiger partial charge in [-0.1, -0.05) is 17.7 Å². The first-order chi connectivity index (χ1) is 5.27. The van der Waals surface area contributed by atoms with Crippen LogP contribution in [0.4, 0.5) is 0 Å². The van der Waals surface area contributed by atoms with Gasteiger partial charge in [-0.2, -0.15) is 0 Å². The zero-order valence-electron chi connectivity index (χ0n) is 6.33. The zero-order valence-corrected chi connectivity index (χ0v) is 7.90. The summed E-state index contributed by atoms with van der Waals surface area (Å²) in [6.07, 6.45) is 0. The smallest absolute Gasteiger partial charge is 0.0685 e. The molecule has 0 spiro atoms. The van der Waals surface area contributed by atoms with Gasteiger partial charge in [-0.15, -0.1) is 12.4 Å². The predicted octanol–water partition coefficient (Wildman–Crippen LogP) is 1.75. The van der Waals surface area contributed by atoms with E-state index in [9.17, 15) is 0 Å². The van der Waals surface area contributed by atoms with E-state index in [0.717, 1.165) is 5.56 Å². The van der Waals surface area contributed by atoms with Gasteiger partial charge in [0.05, 0.1) is 13.2 Å². The average Bonchev–Trinajstić information content (AvgIpc) is 2.04. The van der Waals surface area contributed by atoms with Crippen LogP contribution in [0.15, 0.2) is 18.2 Å². The quantitative estimate of drug-likeness (QED) is 0.778. The summed E-state index contributed by atoms with van der Waals surface area (Å²) in [5.74, 6) is 0. The number of hydrogen-bond donors (Lipinski definition) is 2. The minimum absolute atomic E-state index is 0. The lowest BCUT2D eigenvalue weighted by Gasteiger charge is -2.03. The van der Waals surface area contributed by atoms with Crippen LogP contribution in [-0.2, 0) is 13.2 Å². The molecule has 4 heteroatoms. The molecule has 1 aromatic rings. The highest BCUT2D eigenvalue weighted by atomic mass is 35.5. The van der Waals surface area contributed by atoms with E-state index in [1.54, 1.807) is 18.2 Å². The minimum atomic E-state index is -0.0869. The number of rotatable bonds is 2. The van der Waals surface area contributed by atoms with Crippen LogP contribution in [-0.4, -0.2) is 10.2 Å². The Hall–Kier alpha value is -0.280. The van der Waals surface area contributed by atoms with Crippen molar-refractivity contribution in [1.29, 1.82) is 0 Å². The van der Waals surface area contributed by atoms with Gasteiger partial charge in [0.25, 0.3) is 0 Å². The monoisotopic (exact) mass is 208 g/mol. The van der Waals surface area contributed by atoms with Crippen molar-refractivity contribution in [2.45, 2.75) is 13.2 Å². The molecule has 0 aliphatic rings. The molecule has 0 aliphatic carbocycles. The van der Waals surface area contributed by atoms with Crippen LogP contribution >= 0.6 is 24.0 Å². The van der Waals surface area contributed by atoms with Crippen molar-refractivity contribution in [3.05, 3.63) is 34.3 Å². The molecule has 0 aliphatic heterocycles. The molecule has 0 amide bonds. The Morgan fingerprint density at radius 3 is 2.17 bits per heavy atom. The van der Waals surface area contributed by atoms with Crippen LogP contribution in [0.1, 0.15) is 11.1 Å². The molecular formula is C8H10Cl2O2. The van der Waals surface area contributed by atoms with E-state index in [-0.39, 0.29) is 25.6 Å². The minimum Gasteiger partial charge on any atom is -0.392 e. The predicted molar refractivity (Wildman–Crippen MR) is 50.5 cm³/mol. The lowest BCUT2D eigenvalue weighted by atomic mass is 10.1. The van der Waals surface area contributed by atoms with Gasteiger partial charge in [-0.3, -0.25) is 0 Å². The highest BCUT2D eigenvalue weighted by Crippen LogP contribution is 2.15. The third kappa shape index (κ3) is 2.64. The SMILES string of the molecule is Cl.OCc1ccc(Cl)cc1CO. The van der Waals surface area contributed by atoms with Gasteiger partial charge >= 0.3 is 0 Å². The van der Waals surface area contributed by atoms with Crippen molar-refractivity contribution >= 4 is 24.0 Å². The van der Waals surface area contributed by atoms with E-state index in [1.807, 2.05) is 0 Å². The third-order valence-corrected chi connectivity index (χ3v) is 1.74. The molecule has 0 radical (unpaired) electrons. The standard InChI is InChI=1S/C8H9ClO2.ClH/c9-8-2-1-6(4-10)7(3-8)5-11;/h1-3,10-11H,4-5H2;1H. The van der Waals surface area contributed by atoms with E-state index in [4.69, 9.17) is 21.8 Å². The fraction of sp³-hybridized carbons (Fsp3) is 0.250. The third-order valence-electron chi connectivity index (χ3n) is 1.51. The molecule has 2 nitrogen and oxygen atoms in total. The Balaban J connectivity index is 0.00000121. The molecule has 0 bridgehead atoms. The van der Waals surface area contributed by atoms with Crippen molar-refractivity contribution < 1.29 is 10.2 Å². The number of aliphatic hydroxyl groups is 2. The summed E-state index contributed by atoms with van der Waals surface area (Å²) >= 11 is 5.66. The average molecular weight is 209 g/mol. The fourth-order valence-corrected chi connectivity index (χ4v) is 1.09. The summed E-state index contributed by atoms with van der Waals surface area (Å²) < 4.78 is 0. The van der Waals surface area contributed by atoms with Gasteiger partial charge in [-0.25, -0.2) is 0 Å². The topological polar surface area (TPSA) is 40.5 Å².